The normalized spacial score (nSPS) is 26.3. The molecule has 1 heterocycles. The fraction of sp³-hybridized carbons (Fsp3) is 0.667. The molecule has 3 N–H and O–H groups in total. The molecule has 1 aromatic heterocycles. The number of anilines is 2. The quantitative estimate of drug-likeness (QED) is 0.832. The second-order valence-electron chi connectivity index (χ2n) is 5.00. The van der Waals surface area contributed by atoms with Gasteiger partial charge in [-0.15, -0.1) is 0 Å². The number of rotatable bonds is 4. The van der Waals surface area contributed by atoms with Crippen LogP contribution in [0, 0.1) is 5.41 Å². The highest BCUT2D eigenvalue weighted by Crippen LogP contribution is 2.43. The Hall–Kier alpha value is -1.36. The maximum Gasteiger partial charge on any atom is 0.224 e. The zero-order valence-corrected chi connectivity index (χ0v) is 10.6. The second-order valence-corrected chi connectivity index (χ2v) is 5.00. The van der Waals surface area contributed by atoms with Gasteiger partial charge in [-0.25, -0.2) is 4.98 Å². The van der Waals surface area contributed by atoms with Crippen LogP contribution in [-0.4, -0.2) is 28.7 Å². The van der Waals surface area contributed by atoms with Crippen LogP contribution in [0.3, 0.4) is 0 Å². The number of hydrogen-bond donors (Lipinski definition) is 2. The van der Waals surface area contributed by atoms with Gasteiger partial charge < -0.3 is 15.8 Å². The van der Waals surface area contributed by atoms with Crippen molar-refractivity contribution in [1.29, 1.82) is 0 Å². The Labute approximate surface area is 102 Å². The lowest BCUT2D eigenvalue weighted by Gasteiger charge is -2.51. The molecule has 17 heavy (non-hydrogen) atoms. The molecule has 2 atom stereocenters. The maximum absolute atomic E-state index is 5.68. The Bertz CT molecular complexity index is 394. The van der Waals surface area contributed by atoms with E-state index in [1.165, 1.54) is 0 Å². The average Bonchev–Trinajstić information content (AvgIpc) is 2.28. The van der Waals surface area contributed by atoms with E-state index in [-0.39, 0.29) is 5.41 Å². The first-order valence-electron chi connectivity index (χ1n) is 6.00. The maximum atomic E-state index is 5.68. The number of nitrogens with zero attached hydrogens (tertiary/aromatic N) is 2. The first-order chi connectivity index (χ1) is 8.04. The zero-order valence-electron chi connectivity index (χ0n) is 10.6. The van der Waals surface area contributed by atoms with Crippen molar-refractivity contribution in [1.82, 2.24) is 9.97 Å². The van der Waals surface area contributed by atoms with Gasteiger partial charge in [0.25, 0.3) is 0 Å². The van der Waals surface area contributed by atoms with Crippen LogP contribution in [0.25, 0.3) is 0 Å². The second kappa shape index (κ2) is 4.49. The van der Waals surface area contributed by atoms with E-state index in [2.05, 4.69) is 29.1 Å². The summed E-state index contributed by atoms with van der Waals surface area (Å²) in [6, 6.07) is 2.01. The molecule has 2 rings (SSSR count). The number of nitrogens with one attached hydrogen (secondary N) is 1. The van der Waals surface area contributed by atoms with E-state index in [9.17, 15) is 0 Å². The number of nitrogens with two attached hydrogens (primary N) is 1. The molecule has 1 aliphatic rings. The van der Waals surface area contributed by atoms with Crippen LogP contribution < -0.4 is 11.1 Å². The number of hydrogen-bond acceptors (Lipinski definition) is 5. The van der Waals surface area contributed by atoms with Gasteiger partial charge in [-0.1, -0.05) is 13.8 Å². The van der Waals surface area contributed by atoms with E-state index < -0.39 is 0 Å². The van der Waals surface area contributed by atoms with Gasteiger partial charge in [-0.05, 0) is 19.4 Å². The predicted octanol–water partition coefficient (Wildman–Crippen LogP) is 1.67. The van der Waals surface area contributed by atoms with Crippen molar-refractivity contribution >= 4 is 11.8 Å². The summed E-state index contributed by atoms with van der Waals surface area (Å²) in [6.07, 6.45) is 2.96. The molecular weight excluding hydrogens is 216 g/mol. The minimum atomic E-state index is 0.101. The molecule has 0 spiro atoms. The lowest BCUT2D eigenvalue weighted by Crippen LogP contribution is -2.58. The molecule has 94 valence electrons. The van der Waals surface area contributed by atoms with Crippen molar-refractivity contribution in [3.8, 4) is 0 Å². The van der Waals surface area contributed by atoms with Gasteiger partial charge in [0, 0.05) is 24.3 Å². The first-order valence-corrected chi connectivity index (χ1v) is 6.00. The highest BCUT2D eigenvalue weighted by atomic mass is 16.5. The van der Waals surface area contributed by atoms with Crippen molar-refractivity contribution in [2.24, 2.45) is 5.41 Å². The molecule has 0 aromatic carbocycles. The van der Waals surface area contributed by atoms with Crippen LogP contribution in [0.1, 0.15) is 27.2 Å². The molecule has 5 heteroatoms. The molecule has 1 aromatic rings. The molecule has 1 fully saturated rings. The third-order valence-electron chi connectivity index (χ3n) is 3.53. The molecule has 1 saturated carbocycles. The first kappa shape index (κ1) is 12.1. The highest BCUT2D eigenvalue weighted by molar-refractivity contribution is 5.37. The van der Waals surface area contributed by atoms with Crippen LogP contribution in [0.5, 0.6) is 0 Å². The monoisotopic (exact) mass is 236 g/mol. The predicted molar refractivity (Wildman–Crippen MR) is 67.7 cm³/mol. The van der Waals surface area contributed by atoms with Crippen LogP contribution in [-0.2, 0) is 4.74 Å². The summed E-state index contributed by atoms with van der Waals surface area (Å²) >= 11 is 0. The number of aromatic nitrogens is 2. The van der Waals surface area contributed by atoms with E-state index in [1.54, 1.807) is 12.3 Å². The summed E-state index contributed by atoms with van der Waals surface area (Å²) < 4.78 is 5.68. The van der Waals surface area contributed by atoms with Crippen LogP contribution in [0.2, 0.25) is 0 Å². The Morgan fingerprint density at radius 2 is 2.35 bits per heavy atom. The largest absolute Gasteiger partial charge is 0.384 e. The molecule has 0 amide bonds. The lowest BCUT2D eigenvalue weighted by atomic mass is 9.64. The van der Waals surface area contributed by atoms with Crippen molar-refractivity contribution in [2.75, 3.05) is 17.7 Å². The zero-order chi connectivity index (χ0) is 12.5. The van der Waals surface area contributed by atoms with Crippen LogP contribution in [0.4, 0.5) is 11.8 Å². The van der Waals surface area contributed by atoms with Gasteiger partial charge in [-0.3, -0.25) is 0 Å². The summed E-state index contributed by atoms with van der Waals surface area (Å²) in [7, 11) is 0. The summed E-state index contributed by atoms with van der Waals surface area (Å²) in [5.41, 5.74) is 5.72. The molecule has 5 nitrogen and oxygen atoms in total. The molecular formula is C12H20N4O. The minimum Gasteiger partial charge on any atom is -0.384 e. The Morgan fingerprint density at radius 1 is 1.59 bits per heavy atom. The number of nitrogen functional groups attached to an aromatic ring is 1. The summed E-state index contributed by atoms with van der Waals surface area (Å²) in [6.45, 7) is 7.18. The average molecular weight is 236 g/mol. The third kappa shape index (κ3) is 2.34. The van der Waals surface area contributed by atoms with Gasteiger partial charge in [0.15, 0.2) is 0 Å². The fourth-order valence-corrected chi connectivity index (χ4v) is 2.21. The van der Waals surface area contributed by atoms with Gasteiger partial charge in [-0.2, -0.15) is 4.98 Å². The van der Waals surface area contributed by atoms with Gasteiger partial charge >= 0.3 is 0 Å². The minimum absolute atomic E-state index is 0.101. The molecule has 1 aliphatic carbocycles. The SMILES string of the molecule is CCOC1CC(Nc2nccc(N)n2)C1(C)C. The highest BCUT2D eigenvalue weighted by Gasteiger charge is 2.49. The van der Waals surface area contributed by atoms with Crippen molar-refractivity contribution in [2.45, 2.75) is 39.3 Å². The van der Waals surface area contributed by atoms with Crippen molar-refractivity contribution in [3.05, 3.63) is 12.3 Å². The Morgan fingerprint density at radius 3 is 2.94 bits per heavy atom. The topological polar surface area (TPSA) is 73.1 Å². The third-order valence-corrected chi connectivity index (χ3v) is 3.53. The van der Waals surface area contributed by atoms with Crippen LogP contribution in [0.15, 0.2) is 12.3 Å². The van der Waals surface area contributed by atoms with Crippen LogP contribution >= 0.6 is 0 Å². The summed E-state index contributed by atoms with van der Waals surface area (Å²) in [5, 5.41) is 3.32. The lowest BCUT2D eigenvalue weighted by molar-refractivity contribution is -0.0977. The van der Waals surface area contributed by atoms with E-state index in [4.69, 9.17) is 10.5 Å². The Balaban J connectivity index is 1.98. The molecule has 0 saturated heterocycles. The molecule has 0 bridgehead atoms. The number of ether oxygens (including phenoxy) is 1. The Kier molecular flexibility index (Phi) is 3.19. The van der Waals surface area contributed by atoms with Crippen molar-refractivity contribution in [3.63, 3.8) is 0 Å². The van der Waals surface area contributed by atoms with E-state index in [0.29, 0.717) is 23.9 Å². The molecule has 0 aliphatic heterocycles. The van der Waals surface area contributed by atoms with Gasteiger partial charge in [0.1, 0.15) is 5.82 Å². The van der Waals surface area contributed by atoms with Gasteiger partial charge in [0.2, 0.25) is 5.95 Å². The van der Waals surface area contributed by atoms with E-state index in [0.717, 1.165) is 13.0 Å². The van der Waals surface area contributed by atoms with Gasteiger partial charge in [0.05, 0.1) is 6.10 Å². The smallest absolute Gasteiger partial charge is 0.224 e. The van der Waals surface area contributed by atoms with E-state index in [1.807, 2.05) is 6.92 Å². The standard InChI is InChI=1S/C12H20N4O/c1-4-17-9-7-8(12(9,2)3)15-11-14-6-5-10(13)16-11/h5-6,8-9H,4,7H2,1-3H3,(H3,13,14,15,16). The van der Waals surface area contributed by atoms with E-state index >= 15 is 0 Å². The summed E-state index contributed by atoms with van der Waals surface area (Å²) in [4.78, 5) is 8.30. The van der Waals surface area contributed by atoms with Crippen molar-refractivity contribution < 1.29 is 4.74 Å². The fourth-order valence-electron chi connectivity index (χ4n) is 2.21. The molecule has 0 radical (unpaired) electrons. The summed E-state index contributed by atoms with van der Waals surface area (Å²) in [5.74, 6) is 1.08. The molecule has 2 unspecified atom stereocenters.